The Hall–Kier alpha value is -3.33. The fourth-order valence-electron chi connectivity index (χ4n) is 2.64. The zero-order valence-electron chi connectivity index (χ0n) is 15.9. The molecule has 0 unspecified atom stereocenters. The lowest BCUT2D eigenvalue weighted by atomic mass is 10.2. The van der Waals surface area contributed by atoms with Gasteiger partial charge in [0.2, 0.25) is 0 Å². The molecule has 1 fully saturated rings. The van der Waals surface area contributed by atoms with Crippen LogP contribution < -0.4 is 10.2 Å². The number of allylic oxidation sites excluding steroid dienone is 1. The van der Waals surface area contributed by atoms with Gasteiger partial charge >= 0.3 is 6.09 Å². The van der Waals surface area contributed by atoms with Crippen molar-refractivity contribution in [2.75, 3.05) is 36.4 Å². The number of nitrogens with one attached hydrogen (secondary N) is 1. The third kappa shape index (κ3) is 5.34. The fourth-order valence-corrected chi connectivity index (χ4v) is 2.64. The van der Waals surface area contributed by atoms with E-state index in [-0.39, 0.29) is 43.1 Å². The molecule has 0 saturated carbocycles. The first-order valence-corrected chi connectivity index (χ1v) is 8.63. The van der Waals surface area contributed by atoms with Crippen molar-refractivity contribution in [1.82, 2.24) is 4.90 Å². The van der Waals surface area contributed by atoms with Gasteiger partial charge in [-0.05, 0) is 32.9 Å². The number of hydrogen-bond acceptors (Lipinski definition) is 6. The Kier molecular flexibility index (Phi) is 6.42. The number of anilines is 2. The highest BCUT2D eigenvalue weighted by Crippen LogP contribution is 2.28. The molecule has 148 valence electrons. The summed E-state index contributed by atoms with van der Waals surface area (Å²) in [7, 11) is 0. The van der Waals surface area contributed by atoms with E-state index in [4.69, 9.17) is 15.3 Å². The average molecular weight is 389 g/mol. The number of benzene rings is 1. The minimum Gasteiger partial charge on any atom is -0.444 e. The van der Waals surface area contributed by atoms with Crippen molar-refractivity contribution in [2.45, 2.75) is 26.4 Å². The summed E-state index contributed by atoms with van der Waals surface area (Å²) in [6.45, 7) is 6.39. The van der Waals surface area contributed by atoms with Crippen molar-refractivity contribution >= 4 is 17.5 Å². The standard InChI is InChI=1S/C19H21F2N5O2/c1-19(2,3)28-18(27)26-6-4-25(5-7-26)17-15(20)8-14(9-16(17)21)24-12-13(10-22)11-23/h8-9,12,24H,4-7H2,1-3H3. The first-order chi connectivity index (χ1) is 13.1. The monoisotopic (exact) mass is 389 g/mol. The number of nitriles is 2. The Morgan fingerprint density at radius 2 is 1.68 bits per heavy atom. The van der Waals surface area contributed by atoms with E-state index in [0.29, 0.717) is 0 Å². The van der Waals surface area contributed by atoms with Crippen molar-refractivity contribution in [3.63, 3.8) is 0 Å². The lowest BCUT2D eigenvalue weighted by Crippen LogP contribution is -2.50. The van der Waals surface area contributed by atoms with Gasteiger partial charge in [0.15, 0.2) is 11.6 Å². The van der Waals surface area contributed by atoms with Crippen LogP contribution in [0.15, 0.2) is 23.9 Å². The van der Waals surface area contributed by atoms with Crippen LogP contribution in [0.3, 0.4) is 0 Å². The van der Waals surface area contributed by atoms with Gasteiger partial charge in [-0.25, -0.2) is 13.6 Å². The van der Waals surface area contributed by atoms with E-state index in [2.05, 4.69) is 5.32 Å². The number of rotatable bonds is 3. The third-order valence-corrected chi connectivity index (χ3v) is 3.89. The van der Waals surface area contributed by atoms with E-state index in [1.807, 2.05) is 0 Å². The second-order valence-electron chi connectivity index (χ2n) is 7.17. The summed E-state index contributed by atoms with van der Waals surface area (Å²) >= 11 is 0. The molecule has 28 heavy (non-hydrogen) atoms. The smallest absolute Gasteiger partial charge is 0.410 e. The predicted molar refractivity (Wildman–Crippen MR) is 99.3 cm³/mol. The van der Waals surface area contributed by atoms with Gasteiger partial charge in [0.05, 0.1) is 0 Å². The van der Waals surface area contributed by atoms with Gasteiger partial charge < -0.3 is 19.9 Å². The average Bonchev–Trinajstić information content (AvgIpc) is 2.61. The summed E-state index contributed by atoms with van der Waals surface area (Å²) in [5, 5.41) is 19.9. The highest BCUT2D eigenvalue weighted by atomic mass is 19.1. The molecule has 1 N–H and O–H groups in total. The molecule has 1 aromatic carbocycles. The zero-order chi connectivity index (χ0) is 20.9. The molecule has 1 amide bonds. The summed E-state index contributed by atoms with van der Waals surface area (Å²) in [5.74, 6) is -1.56. The van der Waals surface area contributed by atoms with Gasteiger partial charge in [0, 0.05) is 38.1 Å². The van der Waals surface area contributed by atoms with Crippen LogP contribution in [-0.4, -0.2) is 42.8 Å². The van der Waals surface area contributed by atoms with Gasteiger partial charge in [-0.2, -0.15) is 10.5 Å². The molecule has 2 rings (SSSR count). The molecule has 1 heterocycles. The molecular weight excluding hydrogens is 368 g/mol. The van der Waals surface area contributed by atoms with Crippen LogP contribution in [0.5, 0.6) is 0 Å². The van der Waals surface area contributed by atoms with Gasteiger partial charge in [-0.15, -0.1) is 0 Å². The molecule has 0 atom stereocenters. The van der Waals surface area contributed by atoms with Gasteiger partial charge in [-0.3, -0.25) is 0 Å². The largest absolute Gasteiger partial charge is 0.444 e. The zero-order valence-corrected chi connectivity index (χ0v) is 15.9. The number of hydrogen-bond donors (Lipinski definition) is 1. The highest BCUT2D eigenvalue weighted by Gasteiger charge is 2.28. The van der Waals surface area contributed by atoms with Crippen molar-refractivity contribution in [1.29, 1.82) is 10.5 Å². The highest BCUT2D eigenvalue weighted by molar-refractivity contribution is 5.69. The van der Waals surface area contributed by atoms with Crippen molar-refractivity contribution in [3.8, 4) is 12.1 Å². The van der Waals surface area contributed by atoms with Crippen molar-refractivity contribution in [2.24, 2.45) is 0 Å². The summed E-state index contributed by atoms with van der Waals surface area (Å²) in [6, 6.07) is 5.45. The molecule has 0 aliphatic carbocycles. The van der Waals surface area contributed by atoms with E-state index < -0.39 is 23.3 Å². The molecule has 1 aliphatic rings. The Morgan fingerprint density at radius 1 is 1.14 bits per heavy atom. The minimum atomic E-state index is -0.780. The van der Waals surface area contributed by atoms with E-state index >= 15 is 0 Å². The maximum absolute atomic E-state index is 14.5. The molecular formula is C19H21F2N5O2. The van der Waals surface area contributed by atoms with Gasteiger partial charge in [-0.1, -0.05) is 0 Å². The van der Waals surface area contributed by atoms with E-state index in [1.54, 1.807) is 32.9 Å². The predicted octanol–water partition coefficient (Wildman–Crippen LogP) is 3.36. The topological polar surface area (TPSA) is 92.4 Å². The van der Waals surface area contributed by atoms with Crippen molar-refractivity contribution in [3.05, 3.63) is 35.5 Å². The van der Waals surface area contributed by atoms with E-state index in [0.717, 1.165) is 18.3 Å². The fraction of sp³-hybridized carbons (Fsp3) is 0.421. The molecule has 1 saturated heterocycles. The maximum atomic E-state index is 14.5. The summed E-state index contributed by atoms with van der Waals surface area (Å²) in [5.41, 5.74) is -0.933. The van der Waals surface area contributed by atoms with E-state index in [1.165, 1.54) is 9.80 Å². The van der Waals surface area contributed by atoms with Crippen LogP contribution in [0.4, 0.5) is 25.0 Å². The van der Waals surface area contributed by atoms with Gasteiger partial charge in [0.25, 0.3) is 0 Å². The van der Waals surface area contributed by atoms with Gasteiger partial charge in [0.1, 0.15) is 29.0 Å². The van der Waals surface area contributed by atoms with Crippen LogP contribution in [0.1, 0.15) is 20.8 Å². The molecule has 0 aromatic heterocycles. The Bertz CT molecular complexity index is 818. The van der Waals surface area contributed by atoms with E-state index in [9.17, 15) is 13.6 Å². The number of ether oxygens (including phenoxy) is 1. The normalized spacial score (nSPS) is 14.0. The summed E-state index contributed by atoms with van der Waals surface area (Å²) < 4.78 is 34.3. The molecule has 0 bridgehead atoms. The molecule has 0 spiro atoms. The lowest BCUT2D eigenvalue weighted by molar-refractivity contribution is 0.0240. The van der Waals surface area contributed by atoms with Crippen molar-refractivity contribution < 1.29 is 18.3 Å². The van der Waals surface area contributed by atoms with Crippen LogP contribution in [0, 0.1) is 34.3 Å². The lowest BCUT2D eigenvalue weighted by Gasteiger charge is -2.37. The number of piperazine rings is 1. The second-order valence-corrected chi connectivity index (χ2v) is 7.17. The van der Waals surface area contributed by atoms with Crippen LogP contribution in [-0.2, 0) is 4.74 Å². The molecule has 0 radical (unpaired) electrons. The summed E-state index contributed by atoms with van der Waals surface area (Å²) in [6.07, 6.45) is 0.623. The van der Waals surface area contributed by atoms with Crippen LogP contribution >= 0.6 is 0 Å². The Labute approximate surface area is 162 Å². The summed E-state index contributed by atoms with van der Waals surface area (Å²) in [4.78, 5) is 15.1. The molecule has 9 heteroatoms. The molecule has 1 aromatic rings. The number of carbonyl (C=O) groups excluding carboxylic acids is 1. The number of carbonyl (C=O) groups is 1. The second kappa shape index (κ2) is 8.57. The molecule has 1 aliphatic heterocycles. The minimum absolute atomic E-state index is 0.0779. The molecule has 7 nitrogen and oxygen atoms in total. The van der Waals surface area contributed by atoms with Crippen LogP contribution in [0.2, 0.25) is 0 Å². The third-order valence-electron chi connectivity index (χ3n) is 3.89. The number of nitrogens with zero attached hydrogens (tertiary/aromatic N) is 4. The Balaban J connectivity index is 2.07. The quantitative estimate of drug-likeness (QED) is 0.797. The first-order valence-electron chi connectivity index (χ1n) is 8.63. The first kappa shape index (κ1) is 21.0. The SMILES string of the molecule is CC(C)(C)OC(=O)N1CCN(c2c(F)cc(NC=C(C#N)C#N)cc2F)CC1. The maximum Gasteiger partial charge on any atom is 0.410 e. The number of amides is 1. The number of halogens is 2. The Morgan fingerprint density at radius 3 is 2.14 bits per heavy atom. The van der Waals surface area contributed by atoms with Crippen LogP contribution in [0.25, 0.3) is 0 Å².